The van der Waals surface area contributed by atoms with Crippen LogP contribution in [0.4, 0.5) is 15.9 Å². The highest BCUT2D eigenvalue weighted by Gasteiger charge is 2.16. The van der Waals surface area contributed by atoms with Crippen LogP contribution in [-0.2, 0) is 21.1 Å². The van der Waals surface area contributed by atoms with Crippen molar-refractivity contribution < 1.29 is 22.3 Å². The van der Waals surface area contributed by atoms with E-state index in [0.717, 1.165) is 12.5 Å². The van der Waals surface area contributed by atoms with Crippen LogP contribution in [0, 0.1) is 5.82 Å². The van der Waals surface area contributed by atoms with Crippen molar-refractivity contribution >= 4 is 27.2 Å². The molecule has 3 aromatic rings. The standard InChI is InChI=1S/C19H18FN5O4S/c1-29-13-7-18(25-19(8-13)30(2,27)28)24-16-5-12(6-17(21)26)22-10-14(16)15-4-3-11(20)9-23-15/h3-5,7-10H,6H2,1-2H3,(H2,21,26)(H,22,24,25). The van der Waals surface area contributed by atoms with Gasteiger partial charge in [0.25, 0.3) is 0 Å². The maximum atomic E-state index is 13.3. The molecule has 3 heterocycles. The fourth-order valence-corrected chi connectivity index (χ4v) is 3.20. The number of primary amides is 1. The monoisotopic (exact) mass is 431 g/mol. The molecule has 3 aromatic heterocycles. The van der Waals surface area contributed by atoms with Crippen LogP contribution in [-0.4, -0.2) is 42.6 Å². The van der Waals surface area contributed by atoms with Gasteiger partial charge in [-0.05, 0) is 18.2 Å². The average Bonchev–Trinajstić information content (AvgIpc) is 2.67. The summed E-state index contributed by atoms with van der Waals surface area (Å²) < 4.78 is 42.3. The van der Waals surface area contributed by atoms with Crippen molar-refractivity contribution in [3.05, 3.63) is 54.2 Å². The van der Waals surface area contributed by atoms with Crippen molar-refractivity contribution in [2.45, 2.75) is 11.4 Å². The predicted molar refractivity (Wildman–Crippen MR) is 108 cm³/mol. The highest BCUT2D eigenvalue weighted by Crippen LogP contribution is 2.30. The molecular formula is C19H18FN5O4S. The van der Waals surface area contributed by atoms with Gasteiger partial charge in [0.15, 0.2) is 14.9 Å². The maximum absolute atomic E-state index is 13.3. The van der Waals surface area contributed by atoms with Crippen LogP contribution in [0.15, 0.2) is 47.8 Å². The number of nitrogens with one attached hydrogen (secondary N) is 1. The molecule has 3 N–H and O–H groups in total. The smallest absolute Gasteiger partial charge is 0.223 e. The number of carbonyl (C=O) groups excluding carboxylic acids is 1. The van der Waals surface area contributed by atoms with E-state index in [0.29, 0.717) is 22.6 Å². The lowest BCUT2D eigenvalue weighted by Gasteiger charge is -2.14. The Labute approximate surface area is 172 Å². The van der Waals surface area contributed by atoms with Crippen LogP contribution in [0.3, 0.4) is 0 Å². The van der Waals surface area contributed by atoms with E-state index in [1.54, 1.807) is 6.07 Å². The number of anilines is 2. The summed E-state index contributed by atoms with van der Waals surface area (Å²) >= 11 is 0. The Morgan fingerprint density at radius 2 is 1.97 bits per heavy atom. The van der Waals surface area contributed by atoms with Crippen LogP contribution in [0.1, 0.15) is 5.69 Å². The average molecular weight is 431 g/mol. The zero-order valence-electron chi connectivity index (χ0n) is 16.1. The first-order valence-electron chi connectivity index (χ1n) is 8.58. The van der Waals surface area contributed by atoms with Gasteiger partial charge in [-0.15, -0.1) is 0 Å². The number of nitrogens with two attached hydrogens (primary N) is 1. The molecule has 0 atom stereocenters. The van der Waals surface area contributed by atoms with E-state index >= 15 is 0 Å². The lowest BCUT2D eigenvalue weighted by molar-refractivity contribution is -0.117. The molecule has 156 valence electrons. The van der Waals surface area contributed by atoms with Crippen molar-refractivity contribution in [1.82, 2.24) is 15.0 Å². The minimum Gasteiger partial charge on any atom is -0.497 e. The highest BCUT2D eigenvalue weighted by molar-refractivity contribution is 7.90. The molecule has 0 unspecified atom stereocenters. The number of pyridine rings is 3. The van der Waals surface area contributed by atoms with Gasteiger partial charge in [-0.25, -0.2) is 17.8 Å². The van der Waals surface area contributed by atoms with Crippen LogP contribution in [0.5, 0.6) is 5.75 Å². The molecule has 0 aliphatic carbocycles. The first-order valence-corrected chi connectivity index (χ1v) is 10.5. The van der Waals surface area contributed by atoms with Gasteiger partial charge in [-0.1, -0.05) is 0 Å². The van der Waals surface area contributed by atoms with E-state index in [2.05, 4.69) is 20.3 Å². The Balaban J connectivity index is 2.11. The van der Waals surface area contributed by atoms with Crippen molar-refractivity contribution in [3.63, 3.8) is 0 Å². The molecule has 3 rings (SSSR count). The quantitative estimate of drug-likeness (QED) is 0.578. The Kier molecular flexibility index (Phi) is 5.92. The fourth-order valence-electron chi connectivity index (χ4n) is 2.61. The normalized spacial score (nSPS) is 11.2. The predicted octanol–water partition coefficient (Wildman–Crippen LogP) is 1.86. The summed E-state index contributed by atoms with van der Waals surface area (Å²) in [5, 5.41) is 2.82. The number of ether oxygens (including phenoxy) is 1. The Morgan fingerprint density at radius 3 is 2.57 bits per heavy atom. The third kappa shape index (κ3) is 5.06. The minimum absolute atomic E-state index is 0.105. The minimum atomic E-state index is -3.60. The molecule has 0 bridgehead atoms. The number of hydrogen-bond acceptors (Lipinski definition) is 8. The summed E-state index contributed by atoms with van der Waals surface area (Å²) in [7, 11) is -2.20. The Morgan fingerprint density at radius 1 is 1.20 bits per heavy atom. The first kappa shape index (κ1) is 21.1. The van der Waals surface area contributed by atoms with Crippen LogP contribution in [0.25, 0.3) is 11.3 Å². The topological polar surface area (TPSA) is 137 Å². The van der Waals surface area contributed by atoms with Gasteiger partial charge in [-0.3, -0.25) is 14.8 Å². The van der Waals surface area contributed by atoms with E-state index in [-0.39, 0.29) is 23.0 Å². The molecule has 30 heavy (non-hydrogen) atoms. The van der Waals surface area contributed by atoms with E-state index < -0.39 is 21.6 Å². The summed E-state index contributed by atoms with van der Waals surface area (Å²) in [5.41, 5.74) is 6.93. The van der Waals surface area contributed by atoms with Crippen LogP contribution in [0.2, 0.25) is 0 Å². The zero-order chi connectivity index (χ0) is 21.9. The molecule has 1 amide bonds. The molecule has 9 nitrogen and oxygen atoms in total. The molecular weight excluding hydrogens is 413 g/mol. The van der Waals surface area contributed by atoms with Crippen molar-refractivity contribution in [1.29, 1.82) is 0 Å². The van der Waals surface area contributed by atoms with E-state index in [1.807, 2.05) is 0 Å². The van der Waals surface area contributed by atoms with E-state index in [9.17, 15) is 17.6 Å². The van der Waals surface area contributed by atoms with Gasteiger partial charge >= 0.3 is 0 Å². The summed E-state index contributed by atoms with van der Waals surface area (Å²) in [5.74, 6) is -0.617. The van der Waals surface area contributed by atoms with Gasteiger partial charge in [0, 0.05) is 30.1 Å². The second-order valence-electron chi connectivity index (χ2n) is 6.35. The van der Waals surface area contributed by atoms with Gasteiger partial charge in [-0.2, -0.15) is 0 Å². The SMILES string of the molecule is COc1cc(Nc2cc(CC(N)=O)ncc2-c2ccc(F)cn2)nc(S(C)(=O)=O)c1. The van der Waals surface area contributed by atoms with Crippen molar-refractivity contribution in [2.75, 3.05) is 18.7 Å². The van der Waals surface area contributed by atoms with E-state index in [4.69, 9.17) is 10.5 Å². The second kappa shape index (κ2) is 8.41. The van der Waals surface area contributed by atoms with Gasteiger partial charge in [0.05, 0.1) is 36.8 Å². The number of rotatable bonds is 7. The van der Waals surface area contributed by atoms with Crippen molar-refractivity contribution in [2.24, 2.45) is 5.73 Å². The lowest BCUT2D eigenvalue weighted by Crippen LogP contribution is -2.15. The molecule has 0 saturated carbocycles. The number of halogens is 1. The number of methoxy groups -OCH3 is 1. The summed E-state index contributed by atoms with van der Waals surface area (Å²) in [6.07, 6.45) is 3.44. The third-order valence-corrected chi connectivity index (χ3v) is 4.94. The lowest BCUT2D eigenvalue weighted by atomic mass is 10.1. The Bertz CT molecular complexity index is 1200. The van der Waals surface area contributed by atoms with Gasteiger partial charge in [0.1, 0.15) is 17.4 Å². The van der Waals surface area contributed by atoms with Crippen LogP contribution >= 0.6 is 0 Å². The molecule has 0 saturated heterocycles. The molecule has 0 aliphatic heterocycles. The molecule has 0 fully saturated rings. The van der Waals surface area contributed by atoms with E-state index in [1.165, 1.54) is 37.6 Å². The number of nitrogens with zero attached hydrogens (tertiary/aromatic N) is 3. The number of sulfone groups is 1. The largest absolute Gasteiger partial charge is 0.497 e. The summed E-state index contributed by atoms with van der Waals surface area (Å²) in [4.78, 5) is 23.6. The number of carbonyl (C=O) groups is 1. The van der Waals surface area contributed by atoms with Gasteiger partial charge in [0.2, 0.25) is 5.91 Å². The molecule has 0 spiro atoms. The molecule has 0 aliphatic rings. The number of aromatic nitrogens is 3. The first-order chi connectivity index (χ1) is 14.2. The molecule has 0 aromatic carbocycles. The third-order valence-electron chi connectivity index (χ3n) is 3.97. The number of hydrogen-bond donors (Lipinski definition) is 2. The summed E-state index contributed by atoms with van der Waals surface area (Å²) in [6, 6.07) is 7.08. The zero-order valence-corrected chi connectivity index (χ0v) is 16.9. The van der Waals surface area contributed by atoms with Crippen molar-refractivity contribution in [3.8, 4) is 17.0 Å². The number of amides is 1. The fraction of sp³-hybridized carbons (Fsp3) is 0.158. The Hall–Kier alpha value is -3.60. The summed E-state index contributed by atoms with van der Waals surface area (Å²) in [6.45, 7) is 0. The molecule has 11 heteroatoms. The van der Waals surface area contributed by atoms with Gasteiger partial charge < -0.3 is 15.8 Å². The maximum Gasteiger partial charge on any atom is 0.223 e. The van der Waals surface area contributed by atoms with Crippen LogP contribution < -0.4 is 15.8 Å². The second-order valence-corrected chi connectivity index (χ2v) is 8.32. The molecule has 0 radical (unpaired) electrons. The highest BCUT2D eigenvalue weighted by atomic mass is 32.2.